The van der Waals surface area contributed by atoms with Crippen LogP contribution < -0.4 is 0 Å². The zero-order chi connectivity index (χ0) is 27.1. The van der Waals surface area contributed by atoms with Crippen molar-refractivity contribution < 1.29 is 0 Å². The van der Waals surface area contributed by atoms with Crippen molar-refractivity contribution in [2.45, 2.75) is 106 Å². The van der Waals surface area contributed by atoms with Crippen molar-refractivity contribution in [1.29, 1.82) is 0 Å². The zero-order valence-electron chi connectivity index (χ0n) is 24.6. The van der Waals surface area contributed by atoms with E-state index >= 15 is 0 Å². The van der Waals surface area contributed by atoms with Gasteiger partial charge in [0, 0.05) is 45.3 Å². The number of aryl methyl sites for hydroxylation is 4. The molecule has 0 unspecified atom stereocenters. The second-order valence-electron chi connectivity index (χ2n) is 11.3. The van der Waals surface area contributed by atoms with Gasteiger partial charge in [-0.2, -0.15) is 0 Å². The van der Waals surface area contributed by atoms with Crippen molar-refractivity contribution in [2.24, 2.45) is 0 Å². The van der Waals surface area contributed by atoms with E-state index in [2.05, 4.69) is 89.6 Å². The maximum atomic E-state index is 5.25. The second kappa shape index (κ2) is 10.6. The van der Waals surface area contributed by atoms with Gasteiger partial charge in [-0.15, -0.1) is 0 Å². The van der Waals surface area contributed by atoms with Crippen LogP contribution in [0.25, 0.3) is 33.2 Å². The Morgan fingerprint density at radius 3 is 1.95 bits per heavy atom. The Balaban J connectivity index is 1.95. The first kappa shape index (κ1) is 26.5. The molecule has 3 aromatic heterocycles. The molecule has 4 nitrogen and oxygen atoms in total. The van der Waals surface area contributed by atoms with E-state index in [-0.39, 0.29) is 0 Å². The lowest BCUT2D eigenvalue weighted by atomic mass is 9.89. The quantitative estimate of drug-likeness (QED) is 0.348. The third kappa shape index (κ3) is 4.42. The SMILES string of the molecule is CCCC1=C(C)c2cc3[nH]c(cc4nc(cc5[nH]c(cc1n2)c(CCC)c5C)[C@@H](CC)[C@@H]4C)c(CC)c3C. The minimum absolute atomic E-state index is 0.386. The van der Waals surface area contributed by atoms with Crippen LogP contribution in [0.3, 0.4) is 0 Å². The minimum atomic E-state index is 0.386. The van der Waals surface area contributed by atoms with Gasteiger partial charge in [-0.3, -0.25) is 4.98 Å². The highest BCUT2D eigenvalue weighted by molar-refractivity contribution is 5.93. The average Bonchev–Trinajstić information content (AvgIpc) is 3.55. The molecule has 0 fully saturated rings. The number of aromatic amines is 2. The van der Waals surface area contributed by atoms with Crippen molar-refractivity contribution in [3.63, 3.8) is 0 Å². The number of hydrogen-bond acceptors (Lipinski definition) is 2. The Kier molecular flexibility index (Phi) is 7.35. The Bertz CT molecular complexity index is 1560. The molecule has 5 heterocycles. The highest BCUT2D eigenvalue weighted by atomic mass is 14.8. The zero-order valence-corrected chi connectivity index (χ0v) is 24.6. The molecule has 8 bridgehead atoms. The summed E-state index contributed by atoms with van der Waals surface area (Å²) in [4.78, 5) is 18.1. The fourth-order valence-corrected chi connectivity index (χ4v) is 6.60. The number of nitrogens with one attached hydrogen (secondary N) is 2. The lowest BCUT2D eigenvalue weighted by Crippen LogP contribution is -1.99. The molecule has 2 N–H and O–H groups in total. The van der Waals surface area contributed by atoms with Crippen LogP contribution in [-0.4, -0.2) is 19.9 Å². The maximum Gasteiger partial charge on any atom is 0.0693 e. The molecule has 0 aliphatic carbocycles. The maximum absolute atomic E-state index is 5.25. The smallest absolute Gasteiger partial charge is 0.0693 e. The summed E-state index contributed by atoms with van der Waals surface area (Å²) >= 11 is 0. The van der Waals surface area contributed by atoms with Crippen LogP contribution in [0.15, 0.2) is 24.3 Å². The molecular weight excluding hydrogens is 464 g/mol. The van der Waals surface area contributed by atoms with Crippen LogP contribution in [0, 0.1) is 13.8 Å². The van der Waals surface area contributed by atoms with Gasteiger partial charge in [-0.25, -0.2) is 4.98 Å². The second-order valence-corrected chi connectivity index (χ2v) is 11.3. The summed E-state index contributed by atoms with van der Waals surface area (Å²) in [5.74, 6) is 0.809. The van der Waals surface area contributed by atoms with Crippen molar-refractivity contribution in [2.75, 3.05) is 0 Å². The van der Waals surface area contributed by atoms with Crippen LogP contribution in [0.1, 0.15) is 124 Å². The molecule has 0 amide bonds. The third-order valence-electron chi connectivity index (χ3n) is 8.94. The molecule has 0 spiro atoms. The molecule has 2 aliphatic heterocycles. The van der Waals surface area contributed by atoms with E-state index in [0.717, 1.165) is 55.4 Å². The number of hydrogen-bond donors (Lipinski definition) is 2. The van der Waals surface area contributed by atoms with Crippen molar-refractivity contribution in [3.05, 3.63) is 69.3 Å². The summed E-state index contributed by atoms with van der Waals surface area (Å²) in [5, 5.41) is 0. The van der Waals surface area contributed by atoms with E-state index in [1.165, 1.54) is 61.3 Å². The van der Waals surface area contributed by atoms with Crippen LogP contribution in [0.4, 0.5) is 0 Å². The first-order chi connectivity index (χ1) is 18.3. The number of rotatable bonds is 6. The molecule has 4 heteroatoms. The summed E-state index contributed by atoms with van der Waals surface area (Å²) in [7, 11) is 0. The first-order valence-corrected chi connectivity index (χ1v) is 14.7. The number of H-pyrrole nitrogens is 2. The van der Waals surface area contributed by atoms with Crippen LogP contribution >= 0.6 is 0 Å². The van der Waals surface area contributed by atoms with E-state index in [1.807, 2.05) is 0 Å². The van der Waals surface area contributed by atoms with Crippen molar-refractivity contribution in [3.8, 4) is 0 Å². The van der Waals surface area contributed by atoms with Gasteiger partial charge in [0.25, 0.3) is 0 Å². The Morgan fingerprint density at radius 1 is 0.684 bits per heavy atom. The predicted octanol–water partition coefficient (Wildman–Crippen LogP) is 9.47. The van der Waals surface area contributed by atoms with E-state index in [0.29, 0.717) is 11.8 Å². The molecule has 3 aromatic rings. The normalized spacial score (nSPS) is 17.5. The van der Waals surface area contributed by atoms with E-state index < -0.39 is 0 Å². The standard InChI is InChI=1S/C34H44N4/c1-9-13-25-21(7)28-15-27-19(5)23(11-3)31(35-27)16-29-20(6)24(12-4)32(36-29)17-30-22(8)26(14-10-2)34(38-30)18-33(25)37-28/h15-18,20,24,35,38H,9-14H2,1-8H3/t20-,24-/m0/s1. The summed E-state index contributed by atoms with van der Waals surface area (Å²) in [6, 6.07) is 9.21. The monoisotopic (exact) mass is 508 g/mol. The van der Waals surface area contributed by atoms with E-state index in [4.69, 9.17) is 9.97 Å². The first-order valence-electron chi connectivity index (χ1n) is 14.7. The van der Waals surface area contributed by atoms with Crippen LogP contribution in [-0.2, 0) is 12.8 Å². The van der Waals surface area contributed by atoms with E-state index in [9.17, 15) is 0 Å². The van der Waals surface area contributed by atoms with Crippen molar-refractivity contribution in [1.82, 2.24) is 19.9 Å². The van der Waals surface area contributed by atoms with Gasteiger partial charge >= 0.3 is 0 Å². The average molecular weight is 509 g/mol. The van der Waals surface area contributed by atoms with E-state index in [1.54, 1.807) is 0 Å². The van der Waals surface area contributed by atoms with Gasteiger partial charge < -0.3 is 9.97 Å². The molecule has 38 heavy (non-hydrogen) atoms. The number of allylic oxidation sites excluding steroid dienone is 2. The minimum Gasteiger partial charge on any atom is -0.355 e. The summed E-state index contributed by atoms with van der Waals surface area (Å²) < 4.78 is 0. The highest BCUT2D eigenvalue weighted by Gasteiger charge is 2.27. The molecule has 200 valence electrons. The van der Waals surface area contributed by atoms with Gasteiger partial charge in [0.1, 0.15) is 0 Å². The van der Waals surface area contributed by atoms with Gasteiger partial charge in [-0.1, -0.05) is 47.5 Å². The van der Waals surface area contributed by atoms with Crippen LogP contribution in [0.2, 0.25) is 0 Å². The lowest BCUT2D eigenvalue weighted by Gasteiger charge is -2.12. The van der Waals surface area contributed by atoms with Gasteiger partial charge in [0.05, 0.1) is 11.4 Å². The Labute approximate surface area is 228 Å². The fraction of sp³-hybridized carbons (Fsp3) is 0.471. The fourth-order valence-electron chi connectivity index (χ4n) is 6.60. The highest BCUT2D eigenvalue weighted by Crippen LogP contribution is 2.40. The Hall–Kier alpha value is -3.14. The third-order valence-corrected chi connectivity index (χ3v) is 8.94. The largest absolute Gasteiger partial charge is 0.355 e. The molecule has 5 rings (SSSR count). The molecule has 0 aromatic carbocycles. The van der Waals surface area contributed by atoms with Crippen molar-refractivity contribution >= 4 is 33.2 Å². The van der Waals surface area contributed by atoms with Gasteiger partial charge in [0.15, 0.2) is 0 Å². The topological polar surface area (TPSA) is 57.4 Å². The molecule has 2 aliphatic rings. The summed E-state index contributed by atoms with van der Waals surface area (Å²) in [5.41, 5.74) is 17.4. The lowest BCUT2D eigenvalue weighted by molar-refractivity contribution is 0.585. The molecule has 0 radical (unpaired) electrons. The molecular formula is C34H44N4. The summed E-state index contributed by atoms with van der Waals surface area (Å²) in [6.07, 6.45) is 6.38. The predicted molar refractivity (Wildman–Crippen MR) is 163 cm³/mol. The summed E-state index contributed by atoms with van der Waals surface area (Å²) in [6.45, 7) is 18.1. The van der Waals surface area contributed by atoms with Crippen LogP contribution in [0.5, 0.6) is 0 Å². The van der Waals surface area contributed by atoms with Gasteiger partial charge in [-0.05, 0) is 104 Å². The Morgan fingerprint density at radius 2 is 1.29 bits per heavy atom. The molecule has 0 saturated carbocycles. The number of aromatic nitrogens is 4. The number of nitrogens with zero attached hydrogens (tertiary/aromatic N) is 2. The molecule has 2 atom stereocenters. The number of fused-ring (bicyclic) bond motifs is 8. The van der Waals surface area contributed by atoms with Gasteiger partial charge in [0.2, 0.25) is 0 Å². The molecule has 0 saturated heterocycles.